The van der Waals surface area contributed by atoms with Crippen molar-refractivity contribution in [2.45, 2.75) is 0 Å². The van der Waals surface area contributed by atoms with Gasteiger partial charge in [0.05, 0.1) is 0 Å². The Labute approximate surface area is 97.7 Å². The van der Waals surface area contributed by atoms with E-state index < -0.39 is 17.8 Å². The maximum absolute atomic E-state index is 11.7. The van der Waals surface area contributed by atoms with E-state index in [9.17, 15) is 14.4 Å². The molecule has 0 aromatic heterocycles. The maximum Gasteiger partial charge on any atom is 0.331 e. The van der Waals surface area contributed by atoms with Gasteiger partial charge in [-0.15, -0.1) is 0 Å². The topological polar surface area (TPSA) is 66.5 Å². The SMILES string of the molecule is CN1C(=O)NC(=O)/C(=C\c2ccccc2)C1=O. The molecule has 1 aliphatic heterocycles. The lowest BCUT2D eigenvalue weighted by Crippen LogP contribution is -2.52. The molecule has 5 heteroatoms. The van der Waals surface area contributed by atoms with Crippen molar-refractivity contribution >= 4 is 23.9 Å². The van der Waals surface area contributed by atoms with Crippen LogP contribution in [0.3, 0.4) is 0 Å². The molecule has 1 saturated heterocycles. The molecule has 1 aromatic carbocycles. The van der Waals surface area contributed by atoms with E-state index in [1.807, 2.05) is 6.07 Å². The second-order valence-corrected chi connectivity index (χ2v) is 3.59. The van der Waals surface area contributed by atoms with Gasteiger partial charge >= 0.3 is 6.03 Å². The van der Waals surface area contributed by atoms with Crippen LogP contribution in [0.25, 0.3) is 6.08 Å². The van der Waals surface area contributed by atoms with Gasteiger partial charge in [0.1, 0.15) is 5.57 Å². The molecule has 1 aromatic rings. The molecule has 0 spiro atoms. The van der Waals surface area contributed by atoms with E-state index in [0.29, 0.717) is 0 Å². The van der Waals surface area contributed by atoms with Crippen LogP contribution in [-0.4, -0.2) is 29.8 Å². The second kappa shape index (κ2) is 4.21. The Hall–Kier alpha value is -2.43. The van der Waals surface area contributed by atoms with Gasteiger partial charge in [-0.25, -0.2) is 4.79 Å². The molecule has 0 saturated carbocycles. The van der Waals surface area contributed by atoms with Gasteiger partial charge in [-0.1, -0.05) is 30.3 Å². The van der Waals surface area contributed by atoms with E-state index in [1.165, 1.54) is 13.1 Å². The average molecular weight is 230 g/mol. The lowest BCUT2D eigenvalue weighted by Gasteiger charge is -2.22. The molecule has 5 nitrogen and oxygen atoms in total. The van der Waals surface area contributed by atoms with Gasteiger partial charge in [-0.05, 0) is 11.6 Å². The Kier molecular flexibility index (Phi) is 2.74. The van der Waals surface area contributed by atoms with E-state index in [2.05, 4.69) is 5.32 Å². The molecule has 17 heavy (non-hydrogen) atoms. The monoisotopic (exact) mass is 230 g/mol. The second-order valence-electron chi connectivity index (χ2n) is 3.59. The average Bonchev–Trinajstić information content (AvgIpc) is 2.33. The van der Waals surface area contributed by atoms with Crippen LogP contribution in [0.15, 0.2) is 35.9 Å². The van der Waals surface area contributed by atoms with Crippen molar-refractivity contribution in [1.29, 1.82) is 0 Å². The fourth-order valence-electron chi connectivity index (χ4n) is 1.46. The quantitative estimate of drug-likeness (QED) is 0.572. The zero-order chi connectivity index (χ0) is 12.4. The highest BCUT2D eigenvalue weighted by Crippen LogP contribution is 2.12. The first kappa shape index (κ1) is 11.1. The molecule has 2 rings (SSSR count). The van der Waals surface area contributed by atoms with E-state index in [4.69, 9.17) is 0 Å². The summed E-state index contributed by atoms with van der Waals surface area (Å²) in [6.07, 6.45) is 1.46. The number of hydrogen-bond donors (Lipinski definition) is 1. The fourth-order valence-corrected chi connectivity index (χ4v) is 1.46. The van der Waals surface area contributed by atoms with E-state index in [1.54, 1.807) is 24.3 Å². The number of likely N-dealkylation sites (N-methyl/N-ethyl adjacent to an activating group) is 1. The van der Waals surface area contributed by atoms with Gasteiger partial charge in [-0.3, -0.25) is 19.8 Å². The zero-order valence-corrected chi connectivity index (χ0v) is 9.14. The van der Waals surface area contributed by atoms with Crippen LogP contribution in [-0.2, 0) is 9.59 Å². The molecule has 1 N–H and O–H groups in total. The van der Waals surface area contributed by atoms with Crippen LogP contribution < -0.4 is 5.32 Å². The van der Waals surface area contributed by atoms with Crippen molar-refractivity contribution in [3.05, 3.63) is 41.5 Å². The molecule has 0 bridgehead atoms. The first-order valence-corrected chi connectivity index (χ1v) is 4.99. The largest absolute Gasteiger partial charge is 0.331 e. The molecule has 0 aliphatic carbocycles. The summed E-state index contributed by atoms with van der Waals surface area (Å²) in [4.78, 5) is 35.3. The molecule has 4 amide bonds. The summed E-state index contributed by atoms with van der Waals surface area (Å²) in [5.74, 6) is -1.26. The van der Waals surface area contributed by atoms with Crippen molar-refractivity contribution in [2.75, 3.05) is 7.05 Å². The first-order valence-electron chi connectivity index (χ1n) is 4.99. The summed E-state index contributed by atoms with van der Waals surface area (Å²) in [6, 6.07) is 8.26. The van der Waals surface area contributed by atoms with E-state index in [0.717, 1.165) is 10.5 Å². The number of carbonyl (C=O) groups is 3. The predicted molar refractivity (Wildman–Crippen MR) is 60.7 cm³/mol. The predicted octanol–water partition coefficient (Wildman–Crippen LogP) is 0.778. The number of nitrogens with zero attached hydrogens (tertiary/aromatic N) is 1. The number of barbiturate groups is 1. The number of carbonyl (C=O) groups excluding carboxylic acids is 3. The Bertz CT molecular complexity index is 520. The molecule has 1 heterocycles. The molecule has 86 valence electrons. The molecular weight excluding hydrogens is 220 g/mol. The van der Waals surface area contributed by atoms with Gasteiger partial charge in [0.25, 0.3) is 11.8 Å². The molecule has 1 fully saturated rings. The summed E-state index contributed by atoms with van der Waals surface area (Å²) in [5.41, 5.74) is 0.687. The number of hydrogen-bond acceptors (Lipinski definition) is 3. The van der Waals surface area contributed by atoms with Gasteiger partial charge in [0.15, 0.2) is 0 Å². The Morgan fingerprint density at radius 2 is 1.76 bits per heavy atom. The van der Waals surface area contributed by atoms with E-state index >= 15 is 0 Å². The van der Waals surface area contributed by atoms with Crippen molar-refractivity contribution in [2.24, 2.45) is 0 Å². The standard InChI is InChI=1S/C12H10N2O3/c1-14-11(16)9(10(15)13-12(14)17)7-8-5-3-2-4-6-8/h2-7H,1H3,(H,13,15,17)/b9-7+. The number of rotatable bonds is 1. The number of amides is 4. The molecule has 1 aliphatic rings. The highest BCUT2D eigenvalue weighted by Gasteiger charge is 2.32. The summed E-state index contributed by atoms with van der Waals surface area (Å²) < 4.78 is 0. The Morgan fingerprint density at radius 1 is 1.12 bits per heavy atom. The van der Waals surface area contributed by atoms with Crippen molar-refractivity contribution < 1.29 is 14.4 Å². The number of imide groups is 2. The fraction of sp³-hybridized carbons (Fsp3) is 0.0833. The molecule has 0 radical (unpaired) electrons. The highest BCUT2D eigenvalue weighted by atomic mass is 16.2. The van der Waals surface area contributed by atoms with Crippen LogP contribution in [0.1, 0.15) is 5.56 Å². The number of nitrogens with one attached hydrogen (secondary N) is 1. The lowest BCUT2D eigenvalue weighted by atomic mass is 10.1. The maximum atomic E-state index is 11.7. The Balaban J connectivity index is 2.38. The first-order chi connectivity index (χ1) is 8.09. The zero-order valence-electron chi connectivity index (χ0n) is 9.14. The van der Waals surface area contributed by atoms with Crippen LogP contribution in [0.5, 0.6) is 0 Å². The summed E-state index contributed by atoms with van der Waals surface area (Å²) in [7, 11) is 1.32. The third-order valence-corrected chi connectivity index (χ3v) is 2.42. The number of benzene rings is 1. The summed E-state index contributed by atoms with van der Waals surface area (Å²) in [5, 5.41) is 2.09. The minimum absolute atomic E-state index is 0.0432. The van der Waals surface area contributed by atoms with Crippen LogP contribution in [0.4, 0.5) is 4.79 Å². The number of urea groups is 1. The van der Waals surface area contributed by atoms with Crippen LogP contribution >= 0.6 is 0 Å². The van der Waals surface area contributed by atoms with Crippen molar-refractivity contribution in [3.8, 4) is 0 Å². The van der Waals surface area contributed by atoms with Gasteiger partial charge in [-0.2, -0.15) is 0 Å². The van der Waals surface area contributed by atoms with Crippen molar-refractivity contribution in [3.63, 3.8) is 0 Å². The smallest absolute Gasteiger partial charge is 0.273 e. The summed E-state index contributed by atoms with van der Waals surface area (Å²) in [6.45, 7) is 0. The molecule has 0 atom stereocenters. The van der Waals surface area contributed by atoms with Crippen LogP contribution in [0.2, 0.25) is 0 Å². The van der Waals surface area contributed by atoms with Crippen LogP contribution in [0, 0.1) is 0 Å². The summed E-state index contributed by atoms with van der Waals surface area (Å²) >= 11 is 0. The third-order valence-electron chi connectivity index (χ3n) is 2.42. The minimum atomic E-state index is -0.704. The third kappa shape index (κ3) is 2.08. The van der Waals surface area contributed by atoms with Gasteiger partial charge in [0, 0.05) is 7.05 Å². The van der Waals surface area contributed by atoms with E-state index in [-0.39, 0.29) is 5.57 Å². The van der Waals surface area contributed by atoms with Gasteiger partial charge < -0.3 is 0 Å². The Morgan fingerprint density at radius 3 is 2.41 bits per heavy atom. The highest BCUT2D eigenvalue weighted by molar-refractivity contribution is 6.30. The normalized spacial score (nSPS) is 18.5. The molecule has 0 unspecified atom stereocenters. The van der Waals surface area contributed by atoms with Crippen molar-refractivity contribution in [1.82, 2.24) is 10.2 Å². The molecular formula is C12H10N2O3. The minimum Gasteiger partial charge on any atom is -0.273 e. The van der Waals surface area contributed by atoms with Gasteiger partial charge in [0.2, 0.25) is 0 Å². The lowest BCUT2D eigenvalue weighted by molar-refractivity contribution is -0.129.